The smallest absolute Gasteiger partial charge is 0.218 e. The van der Waals surface area contributed by atoms with E-state index in [1.807, 2.05) is 54.6 Å². The van der Waals surface area contributed by atoms with Crippen molar-refractivity contribution in [2.24, 2.45) is 0 Å². The van der Waals surface area contributed by atoms with Crippen LogP contribution in [0.25, 0.3) is 27.5 Å². The standard InChI is InChI=1S/C20H14F3N3S/c1-13-11-18(20(21,22)23)26(25-13)19-24-17(12-27-19)16-9-7-15(8-10-16)14-5-3-2-4-6-14/h2-12H,1H3. The summed E-state index contributed by atoms with van der Waals surface area (Å²) in [4.78, 5) is 4.36. The summed E-state index contributed by atoms with van der Waals surface area (Å²) < 4.78 is 40.5. The van der Waals surface area contributed by atoms with Crippen molar-refractivity contribution >= 4 is 11.3 Å². The Hall–Kier alpha value is -2.93. The average Bonchev–Trinajstić information content (AvgIpc) is 3.29. The summed E-state index contributed by atoms with van der Waals surface area (Å²) in [6.45, 7) is 1.53. The van der Waals surface area contributed by atoms with Crippen molar-refractivity contribution in [2.75, 3.05) is 0 Å². The lowest BCUT2D eigenvalue weighted by Crippen LogP contribution is -2.13. The molecule has 136 valence electrons. The lowest BCUT2D eigenvalue weighted by molar-refractivity contribution is -0.142. The van der Waals surface area contributed by atoms with Crippen LogP contribution in [-0.2, 0) is 6.18 Å². The highest BCUT2D eigenvalue weighted by atomic mass is 32.1. The molecule has 2 aromatic carbocycles. The van der Waals surface area contributed by atoms with Gasteiger partial charge in [-0.15, -0.1) is 11.3 Å². The first kappa shape index (κ1) is 17.5. The number of thiazole rings is 1. The van der Waals surface area contributed by atoms with E-state index >= 15 is 0 Å². The molecule has 0 bridgehead atoms. The molecule has 0 radical (unpaired) electrons. The van der Waals surface area contributed by atoms with Crippen molar-refractivity contribution in [1.82, 2.24) is 14.8 Å². The number of nitrogens with zero attached hydrogens (tertiary/aromatic N) is 3. The zero-order valence-corrected chi connectivity index (χ0v) is 15.1. The Morgan fingerprint density at radius 3 is 2.19 bits per heavy atom. The van der Waals surface area contributed by atoms with E-state index in [-0.39, 0.29) is 5.13 Å². The maximum Gasteiger partial charge on any atom is 0.433 e. The Labute approximate surface area is 157 Å². The molecule has 0 fully saturated rings. The number of aromatic nitrogens is 3. The van der Waals surface area contributed by atoms with E-state index in [1.54, 1.807) is 5.38 Å². The van der Waals surface area contributed by atoms with Crippen molar-refractivity contribution in [3.63, 3.8) is 0 Å². The fourth-order valence-corrected chi connectivity index (χ4v) is 3.60. The second kappa shape index (κ2) is 6.66. The van der Waals surface area contributed by atoms with Gasteiger partial charge in [0.2, 0.25) is 5.13 Å². The molecule has 7 heteroatoms. The SMILES string of the molecule is Cc1cc(C(F)(F)F)n(-c2nc(-c3ccc(-c4ccccc4)cc3)cs2)n1. The van der Waals surface area contributed by atoms with Gasteiger partial charge in [-0.2, -0.15) is 18.3 Å². The minimum atomic E-state index is -4.48. The van der Waals surface area contributed by atoms with Gasteiger partial charge in [0.1, 0.15) is 0 Å². The molecule has 4 aromatic rings. The van der Waals surface area contributed by atoms with Crippen LogP contribution >= 0.6 is 11.3 Å². The van der Waals surface area contributed by atoms with Crippen LogP contribution < -0.4 is 0 Å². The normalized spacial score (nSPS) is 11.7. The Bertz CT molecular complexity index is 1060. The molecule has 0 atom stereocenters. The largest absolute Gasteiger partial charge is 0.433 e. The lowest BCUT2D eigenvalue weighted by Gasteiger charge is -2.07. The summed E-state index contributed by atoms with van der Waals surface area (Å²) in [5.41, 5.74) is 3.11. The Kier molecular flexibility index (Phi) is 4.31. The topological polar surface area (TPSA) is 30.7 Å². The number of alkyl halides is 3. The molecule has 4 rings (SSSR count). The highest BCUT2D eigenvalue weighted by Gasteiger charge is 2.36. The van der Waals surface area contributed by atoms with Gasteiger partial charge in [0.05, 0.1) is 11.4 Å². The summed E-state index contributed by atoms with van der Waals surface area (Å²) in [6.07, 6.45) is -4.48. The van der Waals surface area contributed by atoms with Crippen LogP contribution in [-0.4, -0.2) is 14.8 Å². The van der Waals surface area contributed by atoms with Gasteiger partial charge in [0.15, 0.2) is 5.69 Å². The molecule has 0 spiro atoms. The predicted octanol–water partition coefficient (Wildman–Crippen LogP) is 5.99. The van der Waals surface area contributed by atoms with Crippen molar-refractivity contribution in [3.05, 3.63) is 77.4 Å². The van der Waals surface area contributed by atoms with E-state index < -0.39 is 11.9 Å². The van der Waals surface area contributed by atoms with Crippen LogP contribution in [0.3, 0.4) is 0 Å². The second-order valence-electron chi connectivity index (χ2n) is 6.04. The Balaban J connectivity index is 1.66. The van der Waals surface area contributed by atoms with E-state index in [0.29, 0.717) is 11.4 Å². The highest BCUT2D eigenvalue weighted by Crippen LogP contribution is 2.33. The number of hydrogen-bond acceptors (Lipinski definition) is 3. The molecule has 2 heterocycles. The predicted molar refractivity (Wildman–Crippen MR) is 99.8 cm³/mol. The van der Waals surface area contributed by atoms with E-state index in [9.17, 15) is 13.2 Å². The van der Waals surface area contributed by atoms with E-state index in [1.165, 1.54) is 6.92 Å². The van der Waals surface area contributed by atoms with Crippen LogP contribution in [0.1, 0.15) is 11.4 Å². The van der Waals surface area contributed by atoms with Gasteiger partial charge in [-0.3, -0.25) is 0 Å². The molecule has 0 saturated carbocycles. The highest BCUT2D eigenvalue weighted by molar-refractivity contribution is 7.12. The first-order chi connectivity index (χ1) is 12.9. The number of hydrogen-bond donors (Lipinski definition) is 0. The summed E-state index contributed by atoms with van der Waals surface area (Å²) >= 11 is 1.13. The molecule has 0 amide bonds. The van der Waals surface area contributed by atoms with Gasteiger partial charge in [-0.25, -0.2) is 9.67 Å². The van der Waals surface area contributed by atoms with Crippen LogP contribution in [0.4, 0.5) is 13.2 Å². The number of aryl methyl sites for hydroxylation is 1. The molecule has 0 aliphatic heterocycles. The Morgan fingerprint density at radius 1 is 0.889 bits per heavy atom. The maximum atomic E-state index is 13.2. The van der Waals surface area contributed by atoms with Crippen LogP contribution in [0.15, 0.2) is 66.0 Å². The summed E-state index contributed by atoms with van der Waals surface area (Å²) in [7, 11) is 0. The van der Waals surface area contributed by atoms with E-state index in [4.69, 9.17) is 0 Å². The minimum absolute atomic E-state index is 0.192. The van der Waals surface area contributed by atoms with E-state index in [0.717, 1.165) is 38.8 Å². The third kappa shape index (κ3) is 3.50. The molecule has 0 N–H and O–H groups in total. The number of rotatable bonds is 3. The van der Waals surface area contributed by atoms with Gasteiger partial charge < -0.3 is 0 Å². The van der Waals surface area contributed by atoms with Gasteiger partial charge in [0.25, 0.3) is 0 Å². The zero-order chi connectivity index (χ0) is 19.0. The fraction of sp³-hybridized carbons (Fsp3) is 0.100. The first-order valence-corrected chi connectivity index (χ1v) is 9.05. The third-order valence-corrected chi connectivity index (χ3v) is 4.90. The van der Waals surface area contributed by atoms with Crippen molar-refractivity contribution in [1.29, 1.82) is 0 Å². The monoisotopic (exact) mass is 385 g/mol. The molecule has 0 saturated heterocycles. The van der Waals surface area contributed by atoms with Gasteiger partial charge in [0, 0.05) is 10.9 Å². The van der Waals surface area contributed by atoms with Crippen LogP contribution in [0, 0.1) is 6.92 Å². The van der Waals surface area contributed by atoms with Gasteiger partial charge >= 0.3 is 6.18 Å². The maximum absolute atomic E-state index is 13.2. The molecule has 3 nitrogen and oxygen atoms in total. The quantitative estimate of drug-likeness (QED) is 0.434. The summed E-state index contributed by atoms with van der Waals surface area (Å²) in [5, 5.41) is 5.88. The first-order valence-electron chi connectivity index (χ1n) is 8.17. The number of halogens is 3. The molecule has 0 aliphatic rings. The Morgan fingerprint density at radius 2 is 1.52 bits per heavy atom. The summed E-state index contributed by atoms with van der Waals surface area (Å²) in [5.74, 6) is 0. The molecule has 27 heavy (non-hydrogen) atoms. The average molecular weight is 385 g/mol. The molecular formula is C20H14F3N3S. The minimum Gasteiger partial charge on any atom is -0.218 e. The van der Waals surface area contributed by atoms with Gasteiger partial charge in [-0.1, -0.05) is 54.6 Å². The van der Waals surface area contributed by atoms with E-state index in [2.05, 4.69) is 10.1 Å². The molecule has 0 aliphatic carbocycles. The summed E-state index contributed by atoms with van der Waals surface area (Å²) in [6, 6.07) is 18.8. The fourth-order valence-electron chi connectivity index (χ4n) is 2.81. The van der Waals surface area contributed by atoms with Crippen molar-refractivity contribution in [3.8, 4) is 27.5 Å². The second-order valence-corrected chi connectivity index (χ2v) is 6.88. The van der Waals surface area contributed by atoms with Crippen LogP contribution in [0.2, 0.25) is 0 Å². The van der Waals surface area contributed by atoms with Gasteiger partial charge in [-0.05, 0) is 24.1 Å². The third-order valence-electron chi connectivity index (χ3n) is 4.08. The van der Waals surface area contributed by atoms with Crippen molar-refractivity contribution in [2.45, 2.75) is 13.1 Å². The molecular weight excluding hydrogens is 371 g/mol. The van der Waals surface area contributed by atoms with Crippen LogP contribution in [0.5, 0.6) is 0 Å². The zero-order valence-electron chi connectivity index (χ0n) is 14.2. The van der Waals surface area contributed by atoms with Crippen molar-refractivity contribution < 1.29 is 13.2 Å². The molecule has 2 aromatic heterocycles. The lowest BCUT2D eigenvalue weighted by atomic mass is 10.0. The number of benzene rings is 2. The molecule has 0 unspecified atom stereocenters.